The highest BCUT2D eigenvalue weighted by Crippen LogP contribution is 2.26. The van der Waals surface area contributed by atoms with E-state index in [4.69, 9.17) is 23.2 Å². The van der Waals surface area contributed by atoms with Gasteiger partial charge in [0.05, 0.1) is 6.42 Å². The van der Waals surface area contributed by atoms with Crippen molar-refractivity contribution in [2.24, 2.45) is 0 Å². The van der Waals surface area contributed by atoms with Crippen LogP contribution in [0.25, 0.3) is 0 Å². The first-order chi connectivity index (χ1) is 16.4. The van der Waals surface area contributed by atoms with E-state index in [2.05, 4.69) is 5.32 Å². The number of benzene rings is 3. The van der Waals surface area contributed by atoms with Crippen LogP contribution in [0.2, 0.25) is 10.0 Å². The summed E-state index contributed by atoms with van der Waals surface area (Å²) in [5.74, 6) is -0.383. The lowest BCUT2D eigenvalue weighted by Crippen LogP contribution is -2.52. The van der Waals surface area contributed by atoms with Gasteiger partial charge in [-0.3, -0.25) is 9.59 Å². The summed E-state index contributed by atoms with van der Waals surface area (Å²) in [6.45, 7) is 4.28. The lowest BCUT2D eigenvalue weighted by Gasteiger charge is -2.32. The third-order valence-electron chi connectivity index (χ3n) is 5.86. The molecular weight excluding hydrogens is 467 g/mol. The van der Waals surface area contributed by atoms with Crippen LogP contribution < -0.4 is 5.32 Å². The maximum atomic E-state index is 13.7. The first-order valence-corrected chi connectivity index (χ1v) is 12.2. The number of rotatable bonds is 10. The number of amides is 2. The SMILES string of the molecule is CC[C@H](C)NC(=O)[C@@H](Cc1ccccc1)N(Cc1ccccc1)C(=O)Cc1c(Cl)cccc1Cl. The molecule has 0 unspecified atom stereocenters. The average Bonchev–Trinajstić information content (AvgIpc) is 2.84. The van der Waals surface area contributed by atoms with Crippen molar-refractivity contribution in [1.29, 1.82) is 0 Å². The molecule has 6 heteroatoms. The van der Waals surface area contributed by atoms with Gasteiger partial charge in [-0.2, -0.15) is 0 Å². The zero-order valence-corrected chi connectivity index (χ0v) is 21.0. The van der Waals surface area contributed by atoms with Crippen molar-refractivity contribution < 1.29 is 9.59 Å². The lowest BCUT2D eigenvalue weighted by atomic mass is 10.0. The van der Waals surface area contributed by atoms with Crippen molar-refractivity contribution >= 4 is 35.0 Å². The Hall–Kier alpha value is -2.82. The summed E-state index contributed by atoms with van der Waals surface area (Å²) in [7, 11) is 0. The van der Waals surface area contributed by atoms with E-state index < -0.39 is 6.04 Å². The van der Waals surface area contributed by atoms with Gasteiger partial charge in [-0.05, 0) is 42.2 Å². The van der Waals surface area contributed by atoms with Gasteiger partial charge in [0.1, 0.15) is 6.04 Å². The predicted octanol–water partition coefficient (Wildman–Crippen LogP) is 6.09. The summed E-state index contributed by atoms with van der Waals surface area (Å²) in [4.78, 5) is 28.9. The lowest BCUT2D eigenvalue weighted by molar-refractivity contribution is -0.141. The fourth-order valence-corrected chi connectivity index (χ4v) is 4.26. The Morgan fingerprint density at radius 3 is 1.97 bits per heavy atom. The minimum atomic E-state index is -0.689. The molecule has 4 nitrogen and oxygen atoms in total. The number of hydrogen-bond acceptors (Lipinski definition) is 2. The molecule has 0 radical (unpaired) electrons. The van der Waals surface area contributed by atoms with Crippen LogP contribution in [-0.2, 0) is 29.0 Å². The molecule has 0 heterocycles. The van der Waals surface area contributed by atoms with Gasteiger partial charge in [0.2, 0.25) is 11.8 Å². The third kappa shape index (κ3) is 7.09. The van der Waals surface area contributed by atoms with Crippen LogP contribution in [0.5, 0.6) is 0 Å². The van der Waals surface area contributed by atoms with E-state index in [1.165, 1.54) is 0 Å². The van der Waals surface area contributed by atoms with Gasteiger partial charge in [-0.25, -0.2) is 0 Å². The highest BCUT2D eigenvalue weighted by atomic mass is 35.5. The normalized spacial score (nSPS) is 12.6. The van der Waals surface area contributed by atoms with Crippen LogP contribution in [0, 0.1) is 0 Å². The minimum absolute atomic E-state index is 0.00235. The Bertz CT molecular complexity index is 1070. The van der Waals surface area contributed by atoms with Gasteiger partial charge >= 0.3 is 0 Å². The molecule has 0 aromatic heterocycles. The molecule has 2 amide bonds. The molecule has 178 valence electrons. The summed E-state index contributed by atoms with van der Waals surface area (Å²) in [5, 5.41) is 3.94. The fraction of sp³-hybridized carbons (Fsp3) is 0.286. The Labute approximate surface area is 211 Å². The van der Waals surface area contributed by atoms with Crippen LogP contribution in [0.4, 0.5) is 0 Å². The van der Waals surface area contributed by atoms with E-state index in [0.29, 0.717) is 28.6 Å². The van der Waals surface area contributed by atoms with E-state index in [1.807, 2.05) is 74.5 Å². The van der Waals surface area contributed by atoms with Crippen LogP contribution in [0.3, 0.4) is 0 Å². The zero-order chi connectivity index (χ0) is 24.5. The largest absolute Gasteiger partial charge is 0.352 e. The molecule has 2 atom stereocenters. The van der Waals surface area contributed by atoms with Gasteiger partial charge in [0, 0.05) is 29.1 Å². The van der Waals surface area contributed by atoms with Gasteiger partial charge in [0.15, 0.2) is 0 Å². The molecule has 0 aliphatic carbocycles. The number of nitrogens with zero attached hydrogens (tertiary/aromatic N) is 1. The quantitative estimate of drug-likeness (QED) is 0.369. The van der Waals surface area contributed by atoms with Crippen LogP contribution in [-0.4, -0.2) is 28.8 Å². The maximum absolute atomic E-state index is 13.7. The number of nitrogens with one attached hydrogen (secondary N) is 1. The number of halogens is 2. The number of carbonyl (C=O) groups excluding carboxylic acids is 2. The highest BCUT2D eigenvalue weighted by Gasteiger charge is 2.31. The smallest absolute Gasteiger partial charge is 0.243 e. The second kappa shape index (κ2) is 12.6. The van der Waals surface area contributed by atoms with Gasteiger partial charge in [0.25, 0.3) is 0 Å². The second-order valence-electron chi connectivity index (χ2n) is 8.41. The van der Waals surface area contributed by atoms with E-state index in [9.17, 15) is 9.59 Å². The fourth-order valence-electron chi connectivity index (χ4n) is 3.73. The van der Waals surface area contributed by atoms with Crippen LogP contribution in [0.1, 0.15) is 37.0 Å². The van der Waals surface area contributed by atoms with E-state index in [0.717, 1.165) is 17.5 Å². The monoisotopic (exact) mass is 496 g/mol. The molecule has 0 fully saturated rings. The standard InChI is InChI=1S/C28H30Cl2N2O2/c1-3-20(2)31-28(34)26(17-21-11-6-4-7-12-21)32(19-22-13-8-5-9-14-22)27(33)18-23-24(29)15-10-16-25(23)30/h4-16,20,26H,3,17-19H2,1-2H3,(H,31,34)/t20-,26+/m0/s1. The summed E-state index contributed by atoms with van der Waals surface area (Å²) in [6, 6.07) is 23.9. The molecule has 0 spiro atoms. The Kier molecular flexibility index (Phi) is 9.55. The van der Waals surface area contributed by atoms with Crippen molar-refractivity contribution in [1.82, 2.24) is 10.2 Å². The molecule has 0 aliphatic rings. The van der Waals surface area contributed by atoms with Crippen molar-refractivity contribution in [2.75, 3.05) is 0 Å². The number of hydrogen-bond donors (Lipinski definition) is 1. The molecule has 3 aromatic carbocycles. The second-order valence-corrected chi connectivity index (χ2v) is 9.22. The first kappa shape index (κ1) is 25.8. The topological polar surface area (TPSA) is 49.4 Å². The van der Waals surface area contributed by atoms with E-state index >= 15 is 0 Å². The molecule has 34 heavy (non-hydrogen) atoms. The molecule has 0 saturated heterocycles. The maximum Gasteiger partial charge on any atom is 0.243 e. The van der Waals surface area contributed by atoms with Crippen molar-refractivity contribution in [3.8, 4) is 0 Å². The molecule has 0 bridgehead atoms. The zero-order valence-electron chi connectivity index (χ0n) is 19.5. The van der Waals surface area contributed by atoms with Crippen molar-refractivity contribution in [3.63, 3.8) is 0 Å². The Balaban J connectivity index is 1.99. The van der Waals surface area contributed by atoms with Gasteiger partial charge in [-0.1, -0.05) is 96.9 Å². The summed E-state index contributed by atoms with van der Waals surface area (Å²) in [5.41, 5.74) is 2.48. The summed E-state index contributed by atoms with van der Waals surface area (Å²) >= 11 is 12.7. The highest BCUT2D eigenvalue weighted by molar-refractivity contribution is 6.36. The Morgan fingerprint density at radius 2 is 1.41 bits per heavy atom. The van der Waals surface area contributed by atoms with Crippen LogP contribution >= 0.6 is 23.2 Å². The molecule has 0 saturated carbocycles. The van der Waals surface area contributed by atoms with Gasteiger partial charge in [-0.15, -0.1) is 0 Å². The van der Waals surface area contributed by atoms with E-state index in [1.54, 1.807) is 23.1 Å². The van der Waals surface area contributed by atoms with E-state index in [-0.39, 0.29) is 24.3 Å². The molecular formula is C28H30Cl2N2O2. The molecule has 3 aromatic rings. The minimum Gasteiger partial charge on any atom is -0.352 e. The molecule has 0 aliphatic heterocycles. The van der Waals surface area contributed by atoms with Crippen LogP contribution in [0.15, 0.2) is 78.9 Å². The summed E-state index contributed by atoms with van der Waals surface area (Å²) in [6.07, 6.45) is 1.21. The summed E-state index contributed by atoms with van der Waals surface area (Å²) < 4.78 is 0. The predicted molar refractivity (Wildman–Crippen MR) is 139 cm³/mol. The van der Waals surface area contributed by atoms with Gasteiger partial charge < -0.3 is 10.2 Å². The van der Waals surface area contributed by atoms with Crippen molar-refractivity contribution in [2.45, 2.75) is 51.7 Å². The molecule has 3 rings (SSSR count). The average molecular weight is 497 g/mol. The number of carbonyl (C=O) groups is 2. The third-order valence-corrected chi connectivity index (χ3v) is 6.57. The van der Waals surface area contributed by atoms with Crippen molar-refractivity contribution in [3.05, 3.63) is 106 Å². The Morgan fingerprint density at radius 1 is 0.853 bits per heavy atom. The first-order valence-electron chi connectivity index (χ1n) is 11.5. The molecule has 1 N–H and O–H groups in total.